The van der Waals surface area contributed by atoms with Gasteiger partial charge >= 0.3 is 0 Å². The molecule has 3 nitrogen and oxygen atoms in total. The lowest BCUT2D eigenvalue weighted by molar-refractivity contribution is 0.116. The van der Waals surface area contributed by atoms with Crippen molar-refractivity contribution in [2.75, 3.05) is 13.1 Å². The highest BCUT2D eigenvalue weighted by molar-refractivity contribution is 5.30. The number of fused-ring (bicyclic) bond motifs is 2. The van der Waals surface area contributed by atoms with Crippen molar-refractivity contribution in [3.8, 4) is 0 Å². The molecule has 1 fully saturated rings. The van der Waals surface area contributed by atoms with Gasteiger partial charge < -0.3 is 15.2 Å². The molecule has 100 valence electrons. The van der Waals surface area contributed by atoms with Crippen molar-refractivity contribution in [1.29, 1.82) is 0 Å². The van der Waals surface area contributed by atoms with Crippen molar-refractivity contribution in [2.24, 2.45) is 5.73 Å². The monoisotopic (exact) mass is 247 g/mol. The molecule has 0 radical (unpaired) electrons. The second-order valence-corrected chi connectivity index (χ2v) is 6.35. The third kappa shape index (κ3) is 1.50. The van der Waals surface area contributed by atoms with E-state index in [0.29, 0.717) is 12.1 Å². The van der Waals surface area contributed by atoms with Gasteiger partial charge in [0.05, 0.1) is 0 Å². The number of aromatic nitrogens is 1. The average Bonchev–Trinajstić information content (AvgIpc) is 2.91. The van der Waals surface area contributed by atoms with Gasteiger partial charge in [0, 0.05) is 35.4 Å². The highest BCUT2D eigenvalue weighted by Gasteiger charge is 2.50. The standard InChI is InChI=1S/C15H25N3/c1-11(2)17-9-6-15(7-10-17)13-5-4-8-18(13)12(3)14(15)16/h4-5,8,11-12,14H,6-7,9-10,16H2,1-3H3/t12?,14-/m1/s1. The van der Waals surface area contributed by atoms with Crippen molar-refractivity contribution in [3.63, 3.8) is 0 Å². The van der Waals surface area contributed by atoms with E-state index in [1.165, 1.54) is 31.6 Å². The molecule has 18 heavy (non-hydrogen) atoms. The van der Waals surface area contributed by atoms with Gasteiger partial charge in [0.15, 0.2) is 0 Å². The van der Waals surface area contributed by atoms with E-state index in [1.807, 2.05) is 0 Å². The molecule has 1 unspecified atom stereocenters. The molecular weight excluding hydrogens is 222 g/mol. The highest BCUT2D eigenvalue weighted by atomic mass is 15.2. The lowest BCUT2D eigenvalue weighted by Gasteiger charge is -2.43. The maximum absolute atomic E-state index is 6.56. The molecule has 2 aliphatic heterocycles. The Kier molecular flexibility index (Phi) is 2.79. The van der Waals surface area contributed by atoms with Crippen LogP contribution in [0.4, 0.5) is 0 Å². The Balaban J connectivity index is 1.89. The van der Waals surface area contributed by atoms with E-state index in [9.17, 15) is 0 Å². The summed E-state index contributed by atoms with van der Waals surface area (Å²) in [6.07, 6.45) is 4.62. The summed E-state index contributed by atoms with van der Waals surface area (Å²) in [5, 5.41) is 0. The topological polar surface area (TPSA) is 34.2 Å². The SMILES string of the molecule is CC(C)N1CCC2(CC1)c1cccn1C(C)[C@H]2N. The van der Waals surface area contributed by atoms with Crippen molar-refractivity contribution in [1.82, 2.24) is 9.47 Å². The Hall–Kier alpha value is -0.800. The first-order valence-electron chi connectivity index (χ1n) is 7.23. The molecule has 0 bridgehead atoms. The molecular formula is C15H25N3. The molecule has 2 atom stereocenters. The lowest BCUT2D eigenvalue weighted by atomic mass is 9.70. The molecule has 0 saturated carbocycles. The second kappa shape index (κ2) is 4.10. The summed E-state index contributed by atoms with van der Waals surface area (Å²) in [4.78, 5) is 2.58. The largest absolute Gasteiger partial charge is 0.346 e. The summed E-state index contributed by atoms with van der Waals surface area (Å²) in [6, 6.07) is 5.84. The van der Waals surface area contributed by atoms with E-state index in [0.717, 1.165) is 0 Å². The lowest BCUT2D eigenvalue weighted by Crippen LogP contribution is -2.52. The van der Waals surface area contributed by atoms with E-state index in [2.05, 4.69) is 48.6 Å². The second-order valence-electron chi connectivity index (χ2n) is 6.35. The number of nitrogens with two attached hydrogens (primary N) is 1. The molecule has 2 aliphatic rings. The van der Waals surface area contributed by atoms with Crippen LogP contribution in [-0.4, -0.2) is 34.6 Å². The third-order valence-corrected chi connectivity index (χ3v) is 5.31. The van der Waals surface area contributed by atoms with E-state index in [1.54, 1.807) is 0 Å². The normalized spacial score (nSPS) is 31.2. The summed E-state index contributed by atoms with van der Waals surface area (Å²) in [5.41, 5.74) is 8.27. The van der Waals surface area contributed by atoms with Gasteiger partial charge in [0.2, 0.25) is 0 Å². The first-order chi connectivity index (χ1) is 8.56. The van der Waals surface area contributed by atoms with Crippen LogP contribution in [0.2, 0.25) is 0 Å². The van der Waals surface area contributed by atoms with Gasteiger partial charge in [-0.3, -0.25) is 0 Å². The first kappa shape index (κ1) is 12.2. The van der Waals surface area contributed by atoms with Crippen LogP contribution in [0, 0.1) is 0 Å². The third-order valence-electron chi connectivity index (χ3n) is 5.31. The molecule has 1 spiro atoms. The Labute approximate surface area is 110 Å². The van der Waals surface area contributed by atoms with Crippen molar-refractivity contribution in [3.05, 3.63) is 24.0 Å². The molecule has 3 heterocycles. The smallest absolute Gasteiger partial charge is 0.0465 e. The van der Waals surface area contributed by atoms with Crippen molar-refractivity contribution in [2.45, 2.75) is 57.2 Å². The summed E-state index contributed by atoms with van der Waals surface area (Å²) in [6.45, 7) is 9.21. The fourth-order valence-electron chi connectivity index (χ4n) is 4.01. The number of hydrogen-bond acceptors (Lipinski definition) is 2. The fourth-order valence-corrected chi connectivity index (χ4v) is 4.01. The van der Waals surface area contributed by atoms with Crippen LogP contribution in [-0.2, 0) is 5.41 Å². The van der Waals surface area contributed by atoms with Crippen LogP contribution in [0.15, 0.2) is 18.3 Å². The van der Waals surface area contributed by atoms with Crippen molar-refractivity contribution >= 4 is 0 Å². The maximum atomic E-state index is 6.56. The molecule has 0 aromatic carbocycles. The van der Waals surface area contributed by atoms with Crippen LogP contribution in [0.1, 0.15) is 45.3 Å². The van der Waals surface area contributed by atoms with Gasteiger partial charge in [-0.2, -0.15) is 0 Å². The summed E-state index contributed by atoms with van der Waals surface area (Å²) >= 11 is 0. The minimum atomic E-state index is 0.230. The van der Waals surface area contributed by atoms with Gasteiger partial charge in [-0.25, -0.2) is 0 Å². The molecule has 0 amide bonds. The van der Waals surface area contributed by atoms with Crippen LogP contribution in [0.5, 0.6) is 0 Å². The van der Waals surface area contributed by atoms with Crippen LogP contribution < -0.4 is 5.73 Å². The van der Waals surface area contributed by atoms with Gasteiger partial charge in [-0.1, -0.05) is 0 Å². The Bertz CT molecular complexity index is 427. The first-order valence-corrected chi connectivity index (χ1v) is 7.23. The molecule has 1 aromatic rings. The number of hydrogen-bond donors (Lipinski definition) is 1. The Morgan fingerprint density at radius 3 is 2.61 bits per heavy atom. The number of nitrogens with zero attached hydrogens (tertiary/aromatic N) is 2. The zero-order valence-electron chi connectivity index (χ0n) is 11.8. The summed E-state index contributed by atoms with van der Waals surface area (Å²) in [7, 11) is 0. The molecule has 2 N–H and O–H groups in total. The molecule has 1 aromatic heterocycles. The number of likely N-dealkylation sites (tertiary alicyclic amines) is 1. The van der Waals surface area contributed by atoms with Gasteiger partial charge in [0.25, 0.3) is 0 Å². The van der Waals surface area contributed by atoms with E-state index < -0.39 is 0 Å². The van der Waals surface area contributed by atoms with Gasteiger partial charge in [0.1, 0.15) is 0 Å². The summed E-state index contributed by atoms with van der Waals surface area (Å²) in [5.74, 6) is 0. The van der Waals surface area contributed by atoms with E-state index >= 15 is 0 Å². The minimum Gasteiger partial charge on any atom is -0.346 e. The van der Waals surface area contributed by atoms with Crippen LogP contribution in [0.25, 0.3) is 0 Å². The van der Waals surface area contributed by atoms with E-state index in [-0.39, 0.29) is 11.5 Å². The molecule has 3 heteroatoms. The Morgan fingerprint density at radius 1 is 1.33 bits per heavy atom. The van der Waals surface area contributed by atoms with E-state index in [4.69, 9.17) is 5.73 Å². The zero-order chi connectivity index (χ0) is 12.9. The molecule has 1 saturated heterocycles. The number of rotatable bonds is 1. The van der Waals surface area contributed by atoms with Gasteiger partial charge in [-0.15, -0.1) is 0 Å². The highest BCUT2D eigenvalue weighted by Crippen LogP contribution is 2.47. The van der Waals surface area contributed by atoms with Crippen molar-refractivity contribution < 1.29 is 0 Å². The molecule has 0 aliphatic carbocycles. The fraction of sp³-hybridized carbons (Fsp3) is 0.733. The quantitative estimate of drug-likeness (QED) is 0.825. The predicted octanol–water partition coefficient (Wildman–Crippen LogP) is 2.13. The minimum absolute atomic E-state index is 0.230. The maximum Gasteiger partial charge on any atom is 0.0465 e. The Morgan fingerprint density at radius 2 is 2.00 bits per heavy atom. The predicted molar refractivity (Wildman–Crippen MR) is 74.7 cm³/mol. The van der Waals surface area contributed by atoms with Crippen LogP contribution >= 0.6 is 0 Å². The molecule has 3 rings (SSSR count). The van der Waals surface area contributed by atoms with Crippen LogP contribution in [0.3, 0.4) is 0 Å². The zero-order valence-corrected chi connectivity index (χ0v) is 11.8. The average molecular weight is 247 g/mol. The number of piperidine rings is 1. The van der Waals surface area contributed by atoms with Gasteiger partial charge in [-0.05, 0) is 58.8 Å². The summed E-state index contributed by atoms with van der Waals surface area (Å²) < 4.78 is 2.40.